The fraction of sp³-hybridized carbons (Fsp3) is 0.684. The molecule has 0 aromatic heterocycles. The average Bonchev–Trinajstić information content (AvgIpc) is 3.42. The van der Waals surface area contributed by atoms with Crippen LogP contribution in [0.25, 0.3) is 0 Å². The molecule has 2 fully saturated rings. The molecule has 0 amide bonds. The van der Waals surface area contributed by atoms with Gasteiger partial charge in [0, 0.05) is 5.92 Å². The molecule has 0 saturated heterocycles. The van der Waals surface area contributed by atoms with Crippen molar-refractivity contribution >= 4 is 9.84 Å². The first kappa shape index (κ1) is 16.8. The van der Waals surface area contributed by atoms with E-state index in [2.05, 4.69) is 12.1 Å². The van der Waals surface area contributed by atoms with E-state index in [4.69, 9.17) is 4.74 Å². The van der Waals surface area contributed by atoms with Crippen molar-refractivity contribution in [1.29, 1.82) is 0 Å². The second-order valence-corrected chi connectivity index (χ2v) is 9.47. The molecule has 1 unspecified atom stereocenters. The van der Waals surface area contributed by atoms with Crippen molar-refractivity contribution in [2.24, 2.45) is 11.8 Å². The van der Waals surface area contributed by atoms with Crippen molar-refractivity contribution in [2.75, 3.05) is 18.1 Å². The first-order valence-corrected chi connectivity index (χ1v) is 10.8. The van der Waals surface area contributed by atoms with Crippen LogP contribution in [0.2, 0.25) is 0 Å². The van der Waals surface area contributed by atoms with Gasteiger partial charge in [0.05, 0.1) is 18.1 Å². The van der Waals surface area contributed by atoms with Gasteiger partial charge in [-0.05, 0) is 61.6 Å². The molecule has 2 aliphatic carbocycles. The molecule has 4 heteroatoms. The summed E-state index contributed by atoms with van der Waals surface area (Å²) in [7, 11) is -2.97. The van der Waals surface area contributed by atoms with Crippen LogP contribution in [0.15, 0.2) is 24.3 Å². The van der Waals surface area contributed by atoms with Crippen LogP contribution < -0.4 is 4.74 Å². The second-order valence-electron chi connectivity index (χ2n) is 7.24. The van der Waals surface area contributed by atoms with Crippen LogP contribution in [0, 0.1) is 11.8 Å². The Morgan fingerprint density at radius 2 is 2.00 bits per heavy atom. The molecule has 0 N–H and O–H groups in total. The molecule has 3 rings (SSSR count). The molecule has 3 nitrogen and oxygen atoms in total. The number of ether oxygens (including phenoxy) is 1. The summed E-state index contributed by atoms with van der Waals surface area (Å²) in [5, 5.41) is 0. The normalized spacial score (nSPS) is 19.5. The fourth-order valence-corrected chi connectivity index (χ4v) is 4.96. The van der Waals surface area contributed by atoms with Crippen molar-refractivity contribution < 1.29 is 13.2 Å². The molecule has 2 saturated carbocycles. The summed E-state index contributed by atoms with van der Waals surface area (Å²) < 4.78 is 30.6. The van der Waals surface area contributed by atoms with Crippen molar-refractivity contribution in [3.05, 3.63) is 29.8 Å². The summed E-state index contributed by atoms with van der Waals surface area (Å²) in [6.45, 7) is 2.83. The van der Waals surface area contributed by atoms with E-state index in [0.717, 1.165) is 49.5 Å². The van der Waals surface area contributed by atoms with Crippen LogP contribution in [0.1, 0.15) is 56.9 Å². The number of benzene rings is 1. The molecule has 1 atom stereocenters. The van der Waals surface area contributed by atoms with Crippen molar-refractivity contribution in [2.45, 2.75) is 51.4 Å². The van der Waals surface area contributed by atoms with Crippen LogP contribution in [0.3, 0.4) is 0 Å². The van der Waals surface area contributed by atoms with E-state index < -0.39 is 9.84 Å². The highest BCUT2D eigenvalue weighted by atomic mass is 32.2. The molecule has 128 valence electrons. The van der Waals surface area contributed by atoms with Crippen molar-refractivity contribution in [3.63, 3.8) is 0 Å². The van der Waals surface area contributed by atoms with Gasteiger partial charge in [-0.3, -0.25) is 0 Å². The van der Waals surface area contributed by atoms with Gasteiger partial charge in [0.25, 0.3) is 0 Å². The fourth-order valence-electron chi connectivity index (χ4n) is 3.06. The molecule has 1 aromatic carbocycles. The maximum Gasteiger partial charge on any atom is 0.150 e. The highest BCUT2D eigenvalue weighted by Gasteiger charge is 2.35. The third-order valence-electron chi connectivity index (χ3n) is 4.90. The first-order valence-electron chi connectivity index (χ1n) is 9.00. The Morgan fingerprint density at radius 1 is 1.22 bits per heavy atom. The van der Waals surface area contributed by atoms with Crippen LogP contribution in [0.4, 0.5) is 0 Å². The van der Waals surface area contributed by atoms with Crippen LogP contribution >= 0.6 is 0 Å². The standard InChI is InChI=1S/C19H28O3S/c1-2-3-11-23(20,21)14-19(16-9-10-16)17-5-4-6-18(12-17)22-13-15-7-8-15/h4-6,12,15-16,19H,2-3,7-11,13-14H2,1H3. The highest BCUT2D eigenvalue weighted by Crippen LogP contribution is 2.44. The van der Waals surface area contributed by atoms with Crippen molar-refractivity contribution in [3.8, 4) is 5.75 Å². The molecule has 0 bridgehead atoms. The maximum absolute atomic E-state index is 12.4. The van der Waals surface area contributed by atoms with E-state index in [0.29, 0.717) is 17.4 Å². The van der Waals surface area contributed by atoms with E-state index in [1.54, 1.807) is 0 Å². The third-order valence-corrected chi connectivity index (χ3v) is 6.68. The summed E-state index contributed by atoms with van der Waals surface area (Å²) in [6, 6.07) is 8.13. The number of hydrogen-bond donors (Lipinski definition) is 0. The Hall–Kier alpha value is -1.03. The Balaban J connectivity index is 1.68. The van der Waals surface area contributed by atoms with Gasteiger partial charge < -0.3 is 4.74 Å². The zero-order valence-electron chi connectivity index (χ0n) is 14.0. The van der Waals surface area contributed by atoms with Gasteiger partial charge in [-0.15, -0.1) is 0 Å². The predicted molar refractivity (Wildman–Crippen MR) is 93.7 cm³/mol. The Kier molecular flexibility index (Phi) is 5.30. The van der Waals surface area contributed by atoms with E-state index in [1.807, 2.05) is 19.1 Å². The van der Waals surface area contributed by atoms with E-state index >= 15 is 0 Å². The SMILES string of the molecule is CCCCS(=O)(=O)CC(c1cccc(OCC2CC2)c1)C1CC1. The highest BCUT2D eigenvalue weighted by molar-refractivity contribution is 7.91. The average molecular weight is 336 g/mol. The van der Waals surface area contributed by atoms with Crippen LogP contribution in [0.5, 0.6) is 5.75 Å². The van der Waals surface area contributed by atoms with Crippen molar-refractivity contribution in [1.82, 2.24) is 0 Å². The Labute approximate surface area is 140 Å². The van der Waals surface area contributed by atoms with Gasteiger partial charge >= 0.3 is 0 Å². The van der Waals surface area contributed by atoms with Gasteiger partial charge in [0.1, 0.15) is 5.75 Å². The minimum Gasteiger partial charge on any atom is -0.493 e. The summed E-state index contributed by atoms with van der Waals surface area (Å²) in [5.41, 5.74) is 1.14. The molecule has 0 aliphatic heterocycles. The molecule has 0 spiro atoms. The van der Waals surface area contributed by atoms with Gasteiger partial charge in [-0.25, -0.2) is 8.42 Å². The number of rotatable bonds is 10. The zero-order chi connectivity index (χ0) is 16.3. The van der Waals surface area contributed by atoms with Gasteiger partial charge in [-0.2, -0.15) is 0 Å². The number of hydrogen-bond acceptors (Lipinski definition) is 3. The largest absolute Gasteiger partial charge is 0.493 e. The summed E-state index contributed by atoms with van der Waals surface area (Å²) >= 11 is 0. The summed E-state index contributed by atoms with van der Waals surface area (Å²) in [5.74, 6) is 2.92. The van der Waals surface area contributed by atoms with E-state index in [-0.39, 0.29) is 5.92 Å². The molecule has 1 aromatic rings. The lowest BCUT2D eigenvalue weighted by molar-refractivity contribution is 0.299. The Morgan fingerprint density at radius 3 is 2.65 bits per heavy atom. The zero-order valence-corrected chi connectivity index (χ0v) is 14.9. The molecule has 0 heterocycles. The second kappa shape index (κ2) is 7.25. The molecular formula is C19H28O3S. The Bertz CT molecular complexity index is 615. The van der Waals surface area contributed by atoms with Crippen LogP contribution in [-0.2, 0) is 9.84 Å². The third kappa shape index (κ3) is 5.23. The first-order chi connectivity index (χ1) is 11.1. The number of unbranched alkanes of at least 4 members (excludes halogenated alkanes) is 1. The maximum atomic E-state index is 12.4. The minimum absolute atomic E-state index is 0.140. The lowest BCUT2D eigenvalue weighted by Crippen LogP contribution is -2.19. The number of sulfone groups is 1. The summed E-state index contributed by atoms with van der Waals surface area (Å²) in [4.78, 5) is 0. The van der Waals surface area contributed by atoms with Gasteiger partial charge in [-0.1, -0.05) is 25.5 Å². The quantitative estimate of drug-likeness (QED) is 0.643. The monoisotopic (exact) mass is 336 g/mol. The minimum atomic E-state index is -2.97. The van der Waals surface area contributed by atoms with Gasteiger partial charge in [0.2, 0.25) is 0 Å². The topological polar surface area (TPSA) is 43.4 Å². The molecule has 2 aliphatic rings. The smallest absolute Gasteiger partial charge is 0.150 e. The molecule has 23 heavy (non-hydrogen) atoms. The summed E-state index contributed by atoms with van der Waals surface area (Å²) in [6.07, 6.45) is 6.56. The lowest BCUT2D eigenvalue weighted by Gasteiger charge is -2.18. The van der Waals surface area contributed by atoms with E-state index in [1.165, 1.54) is 12.8 Å². The lowest BCUT2D eigenvalue weighted by atomic mass is 9.96. The molecular weight excluding hydrogens is 308 g/mol. The van der Waals surface area contributed by atoms with Gasteiger partial charge in [0.15, 0.2) is 9.84 Å². The molecule has 0 radical (unpaired) electrons. The predicted octanol–water partition coefficient (Wildman–Crippen LogP) is 4.18. The van der Waals surface area contributed by atoms with Crippen LogP contribution in [-0.4, -0.2) is 26.5 Å². The van der Waals surface area contributed by atoms with E-state index in [9.17, 15) is 8.42 Å².